The first-order chi connectivity index (χ1) is 15.9. The number of aromatic nitrogens is 3. The second-order valence-corrected chi connectivity index (χ2v) is 7.72. The summed E-state index contributed by atoms with van der Waals surface area (Å²) in [6.45, 7) is 6.39. The molecule has 8 heteroatoms. The number of nitrogens with zero attached hydrogens (tertiary/aromatic N) is 3. The minimum atomic E-state index is -0.363. The number of anilines is 1. The van der Waals surface area contributed by atoms with Gasteiger partial charge in [-0.1, -0.05) is 6.07 Å². The van der Waals surface area contributed by atoms with Crippen LogP contribution >= 0.6 is 0 Å². The zero-order valence-electron chi connectivity index (χ0n) is 18.8. The van der Waals surface area contributed by atoms with Crippen molar-refractivity contribution in [3.05, 3.63) is 82.3 Å². The predicted octanol–water partition coefficient (Wildman–Crippen LogP) is 4.37. The van der Waals surface area contributed by atoms with Crippen molar-refractivity contribution in [1.29, 1.82) is 0 Å². The van der Waals surface area contributed by atoms with Gasteiger partial charge in [0.2, 0.25) is 5.91 Å². The quantitative estimate of drug-likeness (QED) is 0.455. The molecule has 2 heterocycles. The van der Waals surface area contributed by atoms with Gasteiger partial charge >= 0.3 is 0 Å². The van der Waals surface area contributed by atoms with Crippen molar-refractivity contribution in [2.45, 2.75) is 33.7 Å². The van der Waals surface area contributed by atoms with Crippen LogP contribution in [0.1, 0.15) is 24.6 Å². The van der Waals surface area contributed by atoms with Gasteiger partial charge in [0.05, 0.1) is 24.0 Å². The third kappa shape index (κ3) is 4.50. The van der Waals surface area contributed by atoms with Gasteiger partial charge in [0, 0.05) is 24.3 Å². The molecule has 1 amide bonds. The van der Waals surface area contributed by atoms with E-state index in [-0.39, 0.29) is 30.2 Å². The van der Waals surface area contributed by atoms with Gasteiger partial charge in [-0.05, 0) is 68.8 Å². The third-order valence-corrected chi connectivity index (χ3v) is 5.58. The fourth-order valence-corrected chi connectivity index (χ4v) is 3.82. The molecule has 0 bridgehead atoms. The molecular formula is C25H25FN4O3. The number of amides is 1. The largest absolute Gasteiger partial charge is 0.494 e. The summed E-state index contributed by atoms with van der Waals surface area (Å²) in [4.78, 5) is 30.0. The van der Waals surface area contributed by atoms with E-state index in [2.05, 4.69) is 10.3 Å². The van der Waals surface area contributed by atoms with Gasteiger partial charge in [-0.25, -0.2) is 9.37 Å². The van der Waals surface area contributed by atoms with Gasteiger partial charge in [0.25, 0.3) is 5.56 Å². The Morgan fingerprint density at radius 3 is 2.61 bits per heavy atom. The van der Waals surface area contributed by atoms with E-state index in [0.717, 1.165) is 17.0 Å². The molecule has 33 heavy (non-hydrogen) atoms. The highest BCUT2D eigenvalue weighted by Crippen LogP contribution is 2.25. The Morgan fingerprint density at radius 1 is 1.15 bits per heavy atom. The molecule has 0 saturated carbocycles. The Morgan fingerprint density at radius 2 is 1.91 bits per heavy atom. The summed E-state index contributed by atoms with van der Waals surface area (Å²) in [5.74, 6) is 0.159. The lowest BCUT2D eigenvalue weighted by molar-refractivity contribution is -0.116. The van der Waals surface area contributed by atoms with Crippen LogP contribution in [0.3, 0.4) is 0 Å². The van der Waals surface area contributed by atoms with Crippen LogP contribution in [0.4, 0.5) is 10.1 Å². The average molecular weight is 448 g/mol. The van der Waals surface area contributed by atoms with Gasteiger partial charge in [-0.2, -0.15) is 0 Å². The van der Waals surface area contributed by atoms with Gasteiger partial charge in [0.1, 0.15) is 11.6 Å². The summed E-state index contributed by atoms with van der Waals surface area (Å²) in [6.07, 6.45) is 1.55. The minimum absolute atomic E-state index is 0.114. The highest BCUT2D eigenvalue weighted by atomic mass is 19.1. The molecule has 0 unspecified atom stereocenters. The number of rotatable bonds is 7. The van der Waals surface area contributed by atoms with Crippen molar-refractivity contribution in [3.63, 3.8) is 0 Å². The lowest BCUT2D eigenvalue weighted by Crippen LogP contribution is -2.24. The van der Waals surface area contributed by atoms with E-state index >= 15 is 0 Å². The van der Waals surface area contributed by atoms with E-state index in [1.54, 1.807) is 41.0 Å². The van der Waals surface area contributed by atoms with Crippen LogP contribution in [0.15, 0.2) is 59.7 Å². The number of ether oxygens (including phenoxy) is 1. The van der Waals surface area contributed by atoms with Crippen LogP contribution in [0.5, 0.6) is 5.75 Å². The van der Waals surface area contributed by atoms with Crippen LogP contribution in [0.2, 0.25) is 0 Å². The number of carbonyl (C=O) groups is 1. The molecular weight excluding hydrogens is 423 g/mol. The molecule has 0 fully saturated rings. The van der Waals surface area contributed by atoms with Crippen LogP contribution in [0.25, 0.3) is 16.7 Å². The van der Waals surface area contributed by atoms with Gasteiger partial charge < -0.3 is 10.1 Å². The Balaban J connectivity index is 1.54. The van der Waals surface area contributed by atoms with Gasteiger partial charge in [-0.15, -0.1) is 0 Å². The third-order valence-electron chi connectivity index (χ3n) is 5.58. The number of carbonyl (C=O) groups excluding carboxylic acids is 1. The molecule has 0 aliphatic rings. The van der Waals surface area contributed by atoms with Crippen molar-refractivity contribution in [2.75, 3.05) is 11.9 Å². The predicted molar refractivity (Wildman–Crippen MR) is 126 cm³/mol. The maximum atomic E-state index is 13.8. The second kappa shape index (κ2) is 9.28. The molecule has 0 aliphatic carbocycles. The van der Waals surface area contributed by atoms with Crippen molar-refractivity contribution < 1.29 is 13.9 Å². The number of nitrogens with one attached hydrogen (secondary N) is 1. The monoisotopic (exact) mass is 448 g/mol. The lowest BCUT2D eigenvalue weighted by atomic mass is 10.2. The van der Waals surface area contributed by atoms with E-state index < -0.39 is 0 Å². The van der Waals surface area contributed by atoms with Crippen LogP contribution in [0, 0.1) is 19.7 Å². The van der Waals surface area contributed by atoms with Crippen molar-refractivity contribution in [3.8, 4) is 11.4 Å². The lowest BCUT2D eigenvalue weighted by Gasteiger charge is -2.09. The van der Waals surface area contributed by atoms with E-state index in [0.29, 0.717) is 29.0 Å². The second-order valence-electron chi connectivity index (χ2n) is 7.72. The Hall–Kier alpha value is -3.94. The smallest absolute Gasteiger partial charge is 0.263 e. The Bertz CT molecular complexity index is 1370. The highest BCUT2D eigenvalue weighted by molar-refractivity contribution is 5.90. The number of aryl methyl sites for hydroxylation is 2. The number of hydrogen-bond acceptors (Lipinski definition) is 4. The van der Waals surface area contributed by atoms with E-state index in [9.17, 15) is 14.0 Å². The van der Waals surface area contributed by atoms with Crippen molar-refractivity contribution in [1.82, 2.24) is 14.1 Å². The molecule has 0 saturated heterocycles. The molecule has 170 valence electrons. The topological polar surface area (TPSA) is 78.2 Å². The maximum absolute atomic E-state index is 13.8. The molecule has 4 aromatic rings. The van der Waals surface area contributed by atoms with Crippen LogP contribution in [-0.2, 0) is 11.3 Å². The summed E-state index contributed by atoms with van der Waals surface area (Å²) in [7, 11) is 0. The number of halogens is 1. The van der Waals surface area contributed by atoms with Crippen molar-refractivity contribution >= 4 is 22.6 Å². The first-order valence-electron chi connectivity index (χ1n) is 10.7. The van der Waals surface area contributed by atoms with E-state index in [1.807, 2.05) is 20.8 Å². The average Bonchev–Trinajstić information content (AvgIpc) is 3.05. The molecule has 1 N–H and O–H groups in total. The first-order valence-corrected chi connectivity index (χ1v) is 10.7. The van der Waals surface area contributed by atoms with Crippen LogP contribution < -0.4 is 15.6 Å². The minimum Gasteiger partial charge on any atom is -0.494 e. The molecule has 0 radical (unpaired) electrons. The van der Waals surface area contributed by atoms with E-state index in [1.165, 1.54) is 23.0 Å². The van der Waals surface area contributed by atoms with Gasteiger partial charge in [-0.3, -0.25) is 18.7 Å². The number of hydrogen-bond donors (Lipinski definition) is 1. The molecule has 4 rings (SSSR count). The van der Waals surface area contributed by atoms with E-state index in [4.69, 9.17) is 4.74 Å². The maximum Gasteiger partial charge on any atom is 0.263 e. The summed E-state index contributed by atoms with van der Waals surface area (Å²) in [6, 6.07) is 13.3. The molecule has 0 atom stereocenters. The molecule has 2 aromatic heterocycles. The SMILES string of the molecule is CCOc1ccc(NC(=O)CCn2cnc3c(c(C)c(C)n3-c3cccc(F)c3)c2=O)cc1. The highest BCUT2D eigenvalue weighted by Gasteiger charge is 2.18. The zero-order valence-corrected chi connectivity index (χ0v) is 18.8. The summed E-state index contributed by atoms with van der Waals surface area (Å²) in [5, 5.41) is 3.28. The zero-order chi connectivity index (χ0) is 23.5. The van der Waals surface area contributed by atoms with Gasteiger partial charge in [0.15, 0.2) is 5.65 Å². The first kappa shape index (κ1) is 22.3. The molecule has 2 aromatic carbocycles. The molecule has 0 aliphatic heterocycles. The fraction of sp³-hybridized carbons (Fsp3) is 0.240. The summed E-state index contributed by atoms with van der Waals surface area (Å²) in [5.41, 5.74) is 3.08. The number of fused-ring (bicyclic) bond motifs is 1. The normalized spacial score (nSPS) is 11.0. The molecule has 7 nitrogen and oxygen atoms in total. The Labute approximate surface area is 190 Å². The summed E-state index contributed by atoms with van der Waals surface area (Å²) >= 11 is 0. The standard InChI is InChI=1S/C25H25FN4O3/c1-4-33-21-10-8-19(9-11-21)28-22(31)12-13-29-15-27-24-23(25(29)32)16(2)17(3)30(24)20-7-5-6-18(26)14-20/h5-11,14-15H,4,12-13H2,1-3H3,(H,28,31). The summed E-state index contributed by atoms with van der Waals surface area (Å²) < 4.78 is 22.4. The molecule has 0 spiro atoms. The van der Waals surface area contributed by atoms with Crippen molar-refractivity contribution in [2.24, 2.45) is 0 Å². The Kier molecular flexibility index (Phi) is 6.26. The van der Waals surface area contributed by atoms with Crippen LogP contribution in [-0.4, -0.2) is 26.6 Å². The number of benzene rings is 2. The fourth-order valence-electron chi connectivity index (χ4n) is 3.82.